The second-order valence-electron chi connectivity index (χ2n) is 18.1. The first-order valence-electron chi connectivity index (χ1n) is 26.9. The molecule has 0 bridgehead atoms. The average molecular weight is 1010 g/mol. The topological polar surface area (TPSA) is 111 Å². The smallest absolute Gasteiger partial charge is 0.309 e. The van der Waals surface area contributed by atoms with Crippen molar-refractivity contribution >= 4 is 17.9 Å². The lowest BCUT2D eigenvalue weighted by molar-refractivity contribution is -0.870. The average Bonchev–Trinajstić information content (AvgIpc) is 3.36. The van der Waals surface area contributed by atoms with Crippen molar-refractivity contribution in [3.63, 3.8) is 0 Å². The van der Waals surface area contributed by atoms with Crippen molar-refractivity contribution in [1.82, 2.24) is 0 Å². The summed E-state index contributed by atoms with van der Waals surface area (Å²) in [5, 5.41) is 11.7. The SMILES string of the molecule is CC/C=C\C/C=C\C/C=C\C/C=C\C/C=C\C/C=C\C/C=C\C/C=C\C/C=C\C/C=C\CCCCC(=O)OC(COC(=O)C/C=C\C/C=C\C/C=C\C/C=C\C/C=C\CC)COC(OCC[N+](C)(C)C)C(=O)[O-]. The molecule has 0 amide bonds. The molecule has 0 N–H and O–H groups in total. The number of carbonyl (C=O) groups excluding carboxylic acids is 3. The molecule has 404 valence electrons. The highest BCUT2D eigenvalue weighted by Gasteiger charge is 2.21. The Morgan fingerprint density at radius 3 is 1.11 bits per heavy atom. The fraction of sp³-hybridized carbons (Fsp3) is 0.484. The number of unbranched alkanes of at least 4 members (excludes halogenated alkanes) is 2. The number of hydrogen-bond acceptors (Lipinski definition) is 8. The van der Waals surface area contributed by atoms with E-state index < -0.39 is 30.3 Å². The van der Waals surface area contributed by atoms with Gasteiger partial charge in [-0.15, -0.1) is 0 Å². The summed E-state index contributed by atoms with van der Waals surface area (Å²) in [6.07, 6.45) is 78.4. The van der Waals surface area contributed by atoms with Gasteiger partial charge in [-0.1, -0.05) is 196 Å². The summed E-state index contributed by atoms with van der Waals surface area (Å²) in [5.74, 6) is -2.54. The van der Waals surface area contributed by atoms with Gasteiger partial charge in [-0.05, 0) is 116 Å². The summed E-state index contributed by atoms with van der Waals surface area (Å²) in [5.41, 5.74) is 0. The highest BCUT2D eigenvalue weighted by molar-refractivity contribution is 5.71. The van der Waals surface area contributed by atoms with E-state index in [1.165, 1.54) is 0 Å². The third-order valence-electron chi connectivity index (χ3n) is 10.2. The molecule has 0 radical (unpaired) electrons. The van der Waals surface area contributed by atoms with Gasteiger partial charge in [0.15, 0.2) is 12.4 Å². The molecule has 0 aromatic carbocycles. The van der Waals surface area contributed by atoms with Gasteiger partial charge in [0.2, 0.25) is 0 Å². The molecule has 0 aliphatic carbocycles. The second-order valence-corrected chi connectivity index (χ2v) is 18.1. The zero-order valence-corrected chi connectivity index (χ0v) is 45.7. The highest BCUT2D eigenvalue weighted by atomic mass is 16.7. The first-order valence-corrected chi connectivity index (χ1v) is 26.9. The summed E-state index contributed by atoms with van der Waals surface area (Å²) >= 11 is 0. The molecule has 0 aromatic heterocycles. The molecular weight excluding hydrogens is 911 g/mol. The van der Waals surface area contributed by atoms with Gasteiger partial charge in [0.1, 0.15) is 13.2 Å². The van der Waals surface area contributed by atoms with Gasteiger partial charge in [0.05, 0.1) is 46.7 Å². The molecule has 0 fully saturated rings. The van der Waals surface area contributed by atoms with Crippen molar-refractivity contribution in [2.75, 3.05) is 47.5 Å². The van der Waals surface area contributed by atoms with Gasteiger partial charge in [-0.25, -0.2) is 0 Å². The standard InChI is InChI=1S/C64H95NO8/c1-6-8-10-12-14-16-18-20-22-23-24-25-26-27-28-29-30-31-32-33-34-35-36-37-38-39-41-43-45-47-49-51-53-55-62(67)73-60(59-72-64(63(68)69)70-57-56-65(3,4)5)58-71-61(66)54-52-50-48-46-44-42-40-21-19-17-15-13-11-9-7-2/h8-11,14-17,20-22,24-25,27-28,30-31,33-34,36-37,39-41,44-47,50,52,60,64H,6-7,12-13,18-19,23,26,29,32,35,38,42-43,48-49,51,53-59H2,1-5H3/b10-8-,11-9-,16-14-,17-15-,22-20-,25-24-,28-27-,31-30-,34-33-,37-36-,40-21-,41-39-,46-44-,47-45-,52-50-. The van der Waals surface area contributed by atoms with E-state index in [0.717, 1.165) is 103 Å². The molecule has 2 atom stereocenters. The van der Waals surface area contributed by atoms with Crippen LogP contribution in [0.5, 0.6) is 0 Å². The zero-order valence-electron chi connectivity index (χ0n) is 45.7. The normalized spacial score (nSPS) is 14.3. The number of carbonyl (C=O) groups is 3. The minimum absolute atomic E-state index is 0.0381. The fourth-order valence-electron chi connectivity index (χ4n) is 6.10. The minimum atomic E-state index is -1.67. The highest BCUT2D eigenvalue weighted by Crippen LogP contribution is 2.09. The molecular formula is C64H95NO8. The Morgan fingerprint density at radius 1 is 0.425 bits per heavy atom. The number of ether oxygens (including phenoxy) is 4. The van der Waals surface area contributed by atoms with Crippen LogP contribution in [0.1, 0.15) is 142 Å². The maximum Gasteiger partial charge on any atom is 0.309 e. The van der Waals surface area contributed by atoms with E-state index >= 15 is 0 Å². The predicted molar refractivity (Wildman–Crippen MR) is 305 cm³/mol. The van der Waals surface area contributed by atoms with Crippen molar-refractivity contribution in [2.24, 2.45) is 0 Å². The molecule has 9 nitrogen and oxygen atoms in total. The molecule has 0 aliphatic rings. The Balaban J connectivity index is 4.48. The number of nitrogens with zero attached hydrogens (tertiary/aromatic N) is 1. The van der Waals surface area contributed by atoms with Crippen LogP contribution < -0.4 is 5.11 Å². The lowest BCUT2D eigenvalue weighted by atomic mass is 10.2. The first kappa shape index (κ1) is 67.4. The lowest BCUT2D eigenvalue weighted by Gasteiger charge is -2.26. The van der Waals surface area contributed by atoms with Crippen LogP contribution in [-0.4, -0.2) is 82.3 Å². The molecule has 0 heterocycles. The van der Waals surface area contributed by atoms with Crippen LogP contribution in [0.25, 0.3) is 0 Å². The molecule has 9 heteroatoms. The molecule has 2 unspecified atom stereocenters. The Hall–Kier alpha value is -5.61. The second kappa shape index (κ2) is 52.7. The Kier molecular flexibility index (Phi) is 48.7. The van der Waals surface area contributed by atoms with Crippen LogP contribution in [0.3, 0.4) is 0 Å². The number of carboxylic acid groups (broad SMARTS) is 1. The molecule has 0 saturated carbocycles. The van der Waals surface area contributed by atoms with E-state index in [9.17, 15) is 19.5 Å². The number of hydrogen-bond donors (Lipinski definition) is 0. The molecule has 0 spiro atoms. The van der Waals surface area contributed by atoms with E-state index in [4.69, 9.17) is 18.9 Å². The Labute approximate surface area is 443 Å². The number of allylic oxidation sites excluding steroid dienone is 29. The monoisotopic (exact) mass is 1010 g/mol. The van der Waals surface area contributed by atoms with E-state index in [0.29, 0.717) is 23.9 Å². The summed E-state index contributed by atoms with van der Waals surface area (Å²) in [6, 6.07) is 0. The number of quaternary nitrogens is 1. The molecule has 73 heavy (non-hydrogen) atoms. The van der Waals surface area contributed by atoms with Crippen LogP contribution in [-0.2, 0) is 33.3 Å². The predicted octanol–water partition coefficient (Wildman–Crippen LogP) is 14.4. The Morgan fingerprint density at radius 2 is 0.767 bits per heavy atom. The largest absolute Gasteiger partial charge is 0.545 e. The number of carboxylic acids is 1. The third-order valence-corrected chi connectivity index (χ3v) is 10.2. The van der Waals surface area contributed by atoms with Crippen LogP contribution in [0.2, 0.25) is 0 Å². The summed E-state index contributed by atoms with van der Waals surface area (Å²) in [4.78, 5) is 37.1. The summed E-state index contributed by atoms with van der Waals surface area (Å²) in [6.45, 7) is 4.29. The van der Waals surface area contributed by atoms with Crippen molar-refractivity contribution in [2.45, 2.75) is 155 Å². The van der Waals surface area contributed by atoms with E-state index in [2.05, 4.69) is 178 Å². The molecule has 0 saturated heterocycles. The van der Waals surface area contributed by atoms with Gasteiger partial charge in [0, 0.05) is 6.42 Å². The fourth-order valence-corrected chi connectivity index (χ4v) is 6.10. The van der Waals surface area contributed by atoms with Gasteiger partial charge < -0.3 is 33.3 Å². The summed E-state index contributed by atoms with van der Waals surface area (Å²) in [7, 11) is 5.85. The van der Waals surface area contributed by atoms with Crippen LogP contribution in [0.15, 0.2) is 182 Å². The minimum Gasteiger partial charge on any atom is -0.545 e. The molecule has 0 aromatic rings. The molecule has 0 aliphatic heterocycles. The number of rotatable bonds is 46. The zero-order chi connectivity index (χ0) is 53.4. The van der Waals surface area contributed by atoms with Crippen molar-refractivity contribution < 1.29 is 42.9 Å². The van der Waals surface area contributed by atoms with Crippen LogP contribution in [0.4, 0.5) is 0 Å². The lowest BCUT2D eigenvalue weighted by Crippen LogP contribution is -2.44. The summed E-state index contributed by atoms with van der Waals surface area (Å²) < 4.78 is 22.4. The van der Waals surface area contributed by atoms with Gasteiger partial charge in [0.25, 0.3) is 0 Å². The van der Waals surface area contributed by atoms with E-state index in [1.54, 1.807) is 6.08 Å². The van der Waals surface area contributed by atoms with Crippen molar-refractivity contribution in [3.8, 4) is 0 Å². The Bertz CT molecular complexity index is 1840. The number of likely N-dealkylation sites (N-methyl/N-ethyl adjacent to an activating group) is 1. The quantitative estimate of drug-likeness (QED) is 0.0195. The maximum absolute atomic E-state index is 12.8. The van der Waals surface area contributed by atoms with E-state index in [-0.39, 0.29) is 32.7 Å². The van der Waals surface area contributed by atoms with Gasteiger partial charge in [-0.2, -0.15) is 0 Å². The number of esters is 2. The van der Waals surface area contributed by atoms with Crippen molar-refractivity contribution in [1.29, 1.82) is 0 Å². The van der Waals surface area contributed by atoms with E-state index in [1.807, 2.05) is 33.3 Å². The third kappa shape index (κ3) is 54.0. The number of aliphatic carboxylic acids is 1. The van der Waals surface area contributed by atoms with Crippen LogP contribution in [0, 0.1) is 0 Å². The van der Waals surface area contributed by atoms with Crippen molar-refractivity contribution in [3.05, 3.63) is 182 Å². The van der Waals surface area contributed by atoms with Crippen LogP contribution >= 0.6 is 0 Å². The molecule has 0 rings (SSSR count). The van der Waals surface area contributed by atoms with Gasteiger partial charge >= 0.3 is 11.9 Å². The van der Waals surface area contributed by atoms with Gasteiger partial charge in [-0.3, -0.25) is 9.59 Å². The first-order chi connectivity index (χ1) is 35.6. The maximum atomic E-state index is 12.8.